The predicted molar refractivity (Wildman–Crippen MR) is 121 cm³/mol. The Labute approximate surface area is 174 Å². The number of thioether (sulfide) groups is 1. The van der Waals surface area contributed by atoms with Gasteiger partial charge in [0.05, 0.1) is 0 Å². The van der Waals surface area contributed by atoms with Gasteiger partial charge in [-0.05, 0) is 54.1 Å². The summed E-state index contributed by atoms with van der Waals surface area (Å²) in [7, 11) is 0. The average Bonchev–Trinajstić information content (AvgIpc) is 2.64. The fourth-order valence-corrected chi connectivity index (χ4v) is 4.06. The number of benzene rings is 3. The van der Waals surface area contributed by atoms with Crippen molar-refractivity contribution in [2.45, 2.75) is 5.75 Å². The van der Waals surface area contributed by atoms with Crippen LogP contribution in [0.25, 0.3) is 0 Å². The smallest absolute Gasteiger partial charge is 0.145 e. The van der Waals surface area contributed by atoms with Gasteiger partial charge in [0.25, 0.3) is 0 Å². The second-order valence-electron chi connectivity index (χ2n) is 5.33. The summed E-state index contributed by atoms with van der Waals surface area (Å²) in [6.07, 6.45) is 0. The molecule has 1 nitrogen and oxygen atoms in total. The van der Waals surface area contributed by atoms with Crippen LogP contribution in [0.4, 0.5) is 11.4 Å². The van der Waals surface area contributed by atoms with Gasteiger partial charge in [-0.15, -0.1) is 0 Å². The van der Waals surface area contributed by atoms with E-state index in [0.29, 0.717) is 0 Å². The third-order valence-electron chi connectivity index (χ3n) is 3.56. The minimum atomic E-state index is 0.827. The summed E-state index contributed by atoms with van der Waals surface area (Å²) in [6, 6.07) is 26.8. The van der Waals surface area contributed by atoms with E-state index < -0.39 is 0 Å². The minimum Gasteiger partial charge on any atom is -0.296 e. The van der Waals surface area contributed by atoms with Gasteiger partial charge in [0, 0.05) is 26.1 Å². The zero-order valence-electron chi connectivity index (χ0n) is 13.2. The first-order chi connectivity index (χ1) is 12.1. The van der Waals surface area contributed by atoms with Gasteiger partial charge in [-0.3, -0.25) is 4.90 Å². The van der Waals surface area contributed by atoms with Crippen molar-refractivity contribution in [3.8, 4) is 0 Å². The second-order valence-corrected chi connectivity index (χ2v) is 8.77. The molecule has 0 atom stereocenters. The summed E-state index contributed by atoms with van der Waals surface area (Å²) in [6.45, 7) is 0. The monoisotopic (exact) mass is 491 g/mol. The summed E-state index contributed by atoms with van der Waals surface area (Å²) < 4.78 is 2.93. The molecule has 0 saturated heterocycles. The van der Waals surface area contributed by atoms with Crippen LogP contribution in [0.3, 0.4) is 0 Å². The van der Waals surface area contributed by atoms with Crippen LogP contribution in [0, 0.1) is 0 Å². The molecule has 3 aromatic rings. The topological polar surface area (TPSA) is 3.24 Å². The molecular formula is C20H15Br2NS2. The minimum absolute atomic E-state index is 0.827. The number of rotatable bonds is 4. The van der Waals surface area contributed by atoms with E-state index in [1.807, 2.05) is 30.3 Å². The zero-order chi connectivity index (χ0) is 17.6. The maximum Gasteiger partial charge on any atom is 0.145 e. The van der Waals surface area contributed by atoms with Crippen molar-refractivity contribution < 1.29 is 0 Å². The molecule has 3 rings (SSSR count). The molecule has 0 N–H and O–H groups in total. The average molecular weight is 493 g/mol. The zero-order valence-corrected chi connectivity index (χ0v) is 18.0. The lowest BCUT2D eigenvalue weighted by Crippen LogP contribution is -2.21. The molecule has 0 amide bonds. The Morgan fingerprint density at radius 2 is 1.24 bits per heavy atom. The van der Waals surface area contributed by atoms with Crippen molar-refractivity contribution in [2.24, 2.45) is 0 Å². The fourth-order valence-electron chi connectivity index (χ4n) is 2.32. The van der Waals surface area contributed by atoms with Gasteiger partial charge in [-0.25, -0.2) is 0 Å². The van der Waals surface area contributed by atoms with Crippen LogP contribution < -0.4 is 4.90 Å². The first kappa shape index (κ1) is 18.6. The Hall–Kier alpha value is -1.14. The van der Waals surface area contributed by atoms with E-state index in [1.54, 1.807) is 11.8 Å². The molecule has 0 unspecified atom stereocenters. The standard InChI is InChI=1S/C20H15Br2NS2/c21-16-6-10-18(11-7-16)23(19-12-8-17(22)9-13-19)20(24)25-14-15-4-2-1-3-5-15/h1-13H,14H2. The molecule has 126 valence electrons. The Bertz CT molecular complexity index is 788. The third kappa shape index (κ3) is 5.17. The third-order valence-corrected chi connectivity index (χ3v) is 6.06. The van der Waals surface area contributed by atoms with Crippen LogP contribution in [-0.2, 0) is 5.75 Å². The summed E-state index contributed by atoms with van der Waals surface area (Å²) in [5.74, 6) is 0.850. The van der Waals surface area contributed by atoms with Gasteiger partial charge in [0.15, 0.2) is 0 Å². The number of hydrogen-bond acceptors (Lipinski definition) is 2. The molecule has 3 aromatic carbocycles. The molecule has 0 bridgehead atoms. The van der Waals surface area contributed by atoms with E-state index in [-0.39, 0.29) is 0 Å². The Kier molecular flexibility index (Phi) is 6.70. The molecule has 5 heteroatoms. The van der Waals surface area contributed by atoms with Crippen molar-refractivity contribution in [3.05, 3.63) is 93.4 Å². The molecular weight excluding hydrogens is 478 g/mol. The highest BCUT2D eigenvalue weighted by molar-refractivity contribution is 9.10. The Morgan fingerprint density at radius 3 is 1.72 bits per heavy atom. The van der Waals surface area contributed by atoms with E-state index in [0.717, 1.165) is 30.4 Å². The SMILES string of the molecule is S=C(SCc1ccccc1)N(c1ccc(Br)cc1)c1ccc(Br)cc1. The summed E-state index contributed by atoms with van der Waals surface area (Å²) in [4.78, 5) is 2.11. The highest BCUT2D eigenvalue weighted by Crippen LogP contribution is 2.32. The Balaban J connectivity index is 1.86. The first-order valence-corrected chi connectivity index (χ1v) is 10.6. The molecule has 0 aliphatic carbocycles. The highest BCUT2D eigenvalue weighted by atomic mass is 79.9. The van der Waals surface area contributed by atoms with Gasteiger partial charge in [0.2, 0.25) is 0 Å². The maximum absolute atomic E-state index is 5.77. The van der Waals surface area contributed by atoms with Gasteiger partial charge in [-0.2, -0.15) is 0 Å². The molecule has 0 fully saturated rings. The number of halogens is 2. The van der Waals surface area contributed by atoms with E-state index in [2.05, 4.69) is 85.3 Å². The van der Waals surface area contributed by atoms with E-state index in [4.69, 9.17) is 12.2 Å². The second kappa shape index (κ2) is 8.99. The largest absolute Gasteiger partial charge is 0.296 e. The number of hydrogen-bond donors (Lipinski definition) is 0. The molecule has 0 radical (unpaired) electrons. The van der Waals surface area contributed by atoms with Crippen LogP contribution >= 0.6 is 55.8 Å². The number of thiocarbonyl (C=S) groups is 1. The molecule has 0 aliphatic heterocycles. The quantitative estimate of drug-likeness (QED) is 0.345. The lowest BCUT2D eigenvalue weighted by Gasteiger charge is -2.25. The van der Waals surface area contributed by atoms with Crippen molar-refractivity contribution in [1.82, 2.24) is 0 Å². The predicted octanol–water partition coefficient (Wildman–Crippen LogP) is 7.57. The molecule has 0 saturated carbocycles. The van der Waals surface area contributed by atoms with Crippen LogP contribution in [0.5, 0.6) is 0 Å². The van der Waals surface area contributed by atoms with Crippen molar-refractivity contribution in [2.75, 3.05) is 4.90 Å². The lowest BCUT2D eigenvalue weighted by molar-refractivity contribution is 1.37. The van der Waals surface area contributed by atoms with Crippen molar-refractivity contribution in [1.29, 1.82) is 0 Å². The van der Waals surface area contributed by atoms with Gasteiger partial charge >= 0.3 is 0 Å². The highest BCUT2D eigenvalue weighted by Gasteiger charge is 2.15. The normalized spacial score (nSPS) is 10.5. The van der Waals surface area contributed by atoms with Crippen LogP contribution in [-0.4, -0.2) is 4.32 Å². The summed E-state index contributed by atoms with van der Waals surface area (Å²) in [5, 5.41) is 0. The molecule has 0 aromatic heterocycles. The van der Waals surface area contributed by atoms with Crippen LogP contribution in [0.2, 0.25) is 0 Å². The van der Waals surface area contributed by atoms with E-state index >= 15 is 0 Å². The first-order valence-electron chi connectivity index (χ1n) is 7.65. The lowest BCUT2D eigenvalue weighted by atomic mass is 10.2. The molecule has 0 heterocycles. The maximum atomic E-state index is 5.77. The van der Waals surface area contributed by atoms with E-state index in [1.165, 1.54) is 5.56 Å². The van der Waals surface area contributed by atoms with Crippen LogP contribution in [0.1, 0.15) is 5.56 Å². The van der Waals surface area contributed by atoms with Crippen LogP contribution in [0.15, 0.2) is 87.8 Å². The van der Waals surface area contributed by atoms with E-state index in [9.17, 15) is 0 Å². The summed E-state index contributed by atoms with van der Waals surface area (Å²) in [5.41, 5.74) is 3.37. The molecule has 0 spiro atoms. The Morgan fingerprint density at radius 1 is 0.760 bits per heavy atom. The van der Waals surface area contributed by atoms with Crippen molar-refractivity contribution >= 4 is 71.5 Å². The number of nitrogens with zero attached hydrogens (tertiary/aromatic N) is 1. The van der Waals surface area contributed by atoms with Gasteiger partial charge in [-0.1, -0.05) is 86.2 Å². The van der Waals surface area contributed by atoms with Gasteiger partial charge < -0.3 is 0 Å². The van der Waals surface area contributed by atoms with Gasteiger partial charge in [0.1, 0.15) is 4.32 Å². The van der Waals surface area contributed by atoms with Crippen molar-refractivity contribution in [3.63, 3.8) is 0 Å². The summed E-state index contributed by atoms with van der Waals surface area (Å²) >= 11 is 14.4. The fraction of sp³-hybridized carbons (Fsp3) is 0.0500. The number of anilines is 2. The molecule has 25 heavy (non-hydrogen) atoms. The molecule has 0 aliphatic rings.